The zero-order valence-electron chi connectivity index (χ0n) is 15.2. The van der Waals surface area contributed by atoms with Crippen LogP contribution in [0.3, 0.4) is 0 Å². The summed E-state index contributed by atoms with van der Waals surface area (Å²) in [4.78, 5) is 4.17. The summed E-state index contributed by atoms with van der Waals surface area (Å²) >= 11 is 0. The minimum atomic E-state index is 0.227. The number of nitrogens with zero attached hydrogens (tertiary/aromatic N) is 2. The zero-order valence-corrected chi connectivity index (χ0v) is 15.2. The lowest BCUT2D eigenvalue weighted by Gasteiger charge is -2.18. The van der Waals surface area contributed by atoms with Gasteiger partial charge in [0.1, 0.15) is 11.5 Å². The Labute approximate surface area is 163 Å². The molecule has 4 heteroatoms. The van der Waals surface area contributed by atoms with Gasteiger partial charge >= 0.3 is 0 Å². The van der Waals surface area contributed by atoms with E-state index in [9.17, 15) is 10.2 Å². The van der Waals surface area contributed by atoms with Crippen molar-refractivity contribution in [2.24, 2.45) is 0 Å². The lowest BCUT2D eigenvalue weighted by atomic mass is 9.89. The Bertz CT molecular complexity index is 1020. The summed E-state index contributed by atoms with van der Waals surface area (Å²) in [5.41, 5.74) is 5.24. The molecular weight excluding hydrogens is 348 g/mol. The van der Waals surface area contributed by atoms with Gasteiger partial charge < -0.3 is 14.8 Å². The topological polar surface area (TPSA) is 58.3 Å². The van der Waals surface area contributed by atoms with Gasteiger partial charge in [-0.25, -0.2) is 4.98 Å². The first-order valence-corrected chi connectivity index (χ1v) is 9.04. The van der Waals surface area contributed by atoms with Gasteiger partial charge in [-0.15, -0.1) is 0 Å². The maximum absolute atomic E-state index is 9.75. The van der Waals surface area contributed by atoms with Crippen molar-refractivity contribution in [3.63, 3.8) is 0 Å². The number of imidazole rings is 1. The monoisotopic (exact) mass is 368 g/mol. The van der Waals surface area contributed by atoms with Crippen molar-refractivity contribution >= 4 is 11.1 Å². The van der Waals surface area contributed by atoms with Gasteiger partial charge in [-0.1, -0.05) is 54.6 Å². The molecule has 28 heavy (non-hydrogen) atoms. The molecule has 0 saturated heterocycles. The fraction of sp³-hybridized carbons (Fsp3) is 0.0417. The Kier molecular flexibility index (Phi) is 4.93. The molecule has 0 aliphatic heterocycles. The number of aromatic hydroxyl groups is 2. The summed E-state index contributed by atoms with van der Waals surface area (Å²) in [6, 6.07) is 24.6. The molecule has 0 spiro atoms. The van der Waals surface area contributed by atoms with Crippen LogP contribution < -0.4 is 0 Å². The highest BCUT2D eigenvalue weighted by Crippen LogP contribution is 2.34. The Morgan fingerprint density at radius 1 is 0.714 bits per heavy atom. The van der Waals surface area contributed by atoms with Gasteiger partial charge in [0.05, 0.1) is 6.33 Å². The van der Waals surface area contributed by atoms with Crippen LogP contribution in [0.5, 0.6) is 11.5 Å². The van der Waals surface area contributed by atoms with E-state index in [1.54, 1.807) is 36.8 Å². The third-order valence-electron chi connectivity index (χ3n) is 4.64. The van der Waals surface area contributed by atoms with E-state index >= 15 is 0 Å². The van der Waals surface area contributed by atoms with Crippen molar-refractivity contribution in [1.29, 1.82) is 0 Å². The number of allylic oxidation sites excluding steroid dienone is 1. The smallest absolute Gasteiger partial charge is 0.115 e. The first-order chi connectivity index (χ1) is 13.7. The second-order valence-electron chi connectivity index (χ2n) is 6.55. The molecule has 0 atom stereocenters. The molecule has 138 valence electrons. The molecule has 1 heterocycles. The molecule has 0 bridgehead atoms. The van der Waals surface area contributed by atoms with Gasteiger partial charge in [-0.05, 0) is 52.1 Å². The molecule has 0 fully saturated rings. The van der Waals surface area contributed by atoms with Crippen molar-refractivity contribution in [2.45, 2.75) is 6.54 Å². The third kappa shape index (κ3) is 3.81. The van der Waals surface area contributed by atoms with Crippen molar-refractivity contribution < 1.29 is 10.2 Å². The number of aromatic nitrogens is 2. The van der Waals surface area contributed by atoms with Crippen molar-refractivity contribution in [1.82, 2.24) is 9.55 Å². The molecule has 0 saturated carbocycles. The van der Waals surface area contributed by atoms with Gasteiger partial charge in [-0.2, -0.15) is 0 Å². The standard InChI is InChI=1S/C24H20N2O2/c27-21-10-6-19(7-11-21)24(20-8-12-22(28)13-9-20)23(16-26-15-14-25-17-26)18-4-2-1-3-5-18/h1-15,17,27-28H,16H2. The highest BCUT2D eigenvalue weighted by atomic mass is 16.3. The Morgan fingerprint density at radius 3 is 1.79 bits per heavy atom. The molecule has 0 radical (unpaired) electrons. The zero-order chi connectivity index (χ0) is 19.3. The minimum Gasteiger partial charge on any atom is -0.508 e. The summed E-state index contributed by atoms with van der Waals surface area (Å²) in [5, 5.41) is 19.5. The van der Waals surface area contributed by atoms with Crippen LogP contribution in [0.1, 0.15) is 16.7 Å². The SMILES string of the molecule is Oc1ccc(C(=C(Cn2ccnc2)c2ccccc2)c2ccc(O)cc2)cc1. The van der Waals surface area contributed by atoms with Crippen LogP contribution in [0.25, 0.3) is 11.1 Å². The van der Waals surface area contributed by atoms with E-state index in [2.05, 4.69) is 17.1 Å². The molecule has 0 aliphatic rings. The van der Waals surface area contributed by atoms with Crippen LogP contribution in [0.4, 0.5) is 0 Å². The average Bonchev–Trinajstić information content (AvgIpc) is 3.24. The molecule has 2 N–H and O–H groups in total. The van der Waals surface area contributed by atoms with Gasteiger partial charge in [0.2, 0.25) is 0 Å². The molecule has 4 aromatic rings. The predicted octanol–water partition coefficient (Wildman–Crippen LogP) is 4.95. The van der Waals surface area contributed by atoms with E-state index in [1.807, 2.05) is 53.2 Å². The molecule has 0 amide bonds. The quantitative estimate of drug-likeness (QED) is 0.490. The van der Waals surface area contributed by atoms with E-state index in [0.717, 1.165) is 27.8 Å². The van der Waals surface area contributed by atoms with Crippen LogP contribution in [0.2, 0.25) is 0 Å². The number of hydrogen-bond acceptors (Lipinski definition) is 3. The number of hydrogen-bond donors (Lipinski definition) is 2. The first-order valence-electron chi connectivity index (χ1n) is 9.04. The minimum absolute atomic E-state index is 0.227. The first kappa shape index (κ1) is 17.6. The van der Waals surface area contributed by atoms with E-state index in [4.69, 9.17) is 0 Å². The molecule has 4 rings (SSSR count). The summed E-state index contributed by atoms with van der Waals surface area (Å²) < 4.78 is 2.03. The van der Waals surface area contributed by atoms with E-state index in [-0.39, 0.29) is 11.5 Å². The van der Waals surface area contributed by atoms with E-state index < -0.39 is 0 Å². The van der Waals surface area contributed by atoms with Gasteiger partial charge in [0.25, 0.3) is 0 Å². The summed E-state index contributed by atoms with van der Waals surface area (Å²) in [6.45, 7) is 0.640. The van der Waals surface area contributed by atoms with Crippen molar-refractivity contribution in [2.75, 3.05) is 0 Å². The molecule has 0 aliphatic carbocycles. The highest BCUT2D eigenvalue weighted by molar-refractivity contribution is 5.98. The number of rotatable bonds is 5. The molecule has 1 aromatic heterocycles. The second-order valence-corrected chi connectivity index (χ2v) is 6.55. The molecular formula is C24H20N2O2. The van der Waals surface area contributed by atoms with E-state index in [1.165, 1.54) is 0 Å². The van der Waals surface area contributed by atoms with Crippen LogP contribution in [-0.2, 0) is 6.54 Å². The van der Waals surface area contributed by atoms with Gasteiger partial charge in [-0.3, -0.25) is 0 Å². The maximum Gasteiger partial charge on any atom is 0.115 e. The summed E-state index contributed by atoms with van der Waals surface area (Å²) in [7, 11) is 0. The normalized spacial score (nSPS) is 10.6. The lowest BCUT2D eigenvalue weighted by molar-refractivity contribution is 0.475. The van der Waals surface area contributed by atoms with Gasteiger partial charge in [0, 0.05) is 18.9 Å². The number of phenolic OH excluding ortho intramolecular Hbond substituents is 2. The Morgan fingerprint density at radius 2 is 1.29 bits per heavy atom. The van der Waals surface area contributed by atoms with Crippen molar-refractivity contribution in [3.05, 3.63) is 114 Å². The predicted molar refractivity (Wildman–Crippen MR) is 111 cm³/mol. The summed E-state index contributed by atoms with van der Waals surface area (Å²) in [5.74, 6) is 0.453. The highest BCUT2D eigenvalue weighted by Gasteiger charge is 2.15. The molecule has 0 unspecified atom stereocenters. The fourth-order valence-electron chi connectivity index (χ4n) is 3.29. The molecule has 3 aromatic carbocycles. The van der Waals surface area contributed by atoms with Gasteiger partial charge in [0.15, 0.2) is 0 Å². The maximum atomic E-state index is 9.75. The summed E-state index contributed by atoms with van der Waals surface area (Å²) in [6.07, 6.45) is 5.51. The number of benzene rings is 3. The lowest BCUT2D eigenvalue weighted by Crippen LogP contribution is -2.03. The molecule has 4 nitrogen and oxygen atoms in total. The third-order valence-corrected chi connectivity index (χ3v) is 4.64. The van der Waals surface area contributed by atoms with Crippen LogP contribution in [0, 0.1) is 0 Å². The second kappa shape index (κ2) is 7.84. The van der Waals surface area contributed by atoms with Crippen molar-refractivity contribution in [3.8, 4) is 11.5 Å². The fourth-order valence-corrected chi connectivity index (χ4v) is 3.29. The van der Waals surface area contributed by atoms with Crippen LogP contribution in [-0.4, -0.2) is 19.8 Å². The Balaban J connectivity index is 1.98. The number of phenols is 2. The Hall–Kier alpha value is -3.79. The van der Waals surface area contributed by atoms with Crippen LogP contribution in [0.15, 0.2) is 97.6 Å². The van der Waals surface area contributed by atoms with Crippen LogP contribution >= 0.6 is 0 Å². The average molecular weight is 368 g/mol. The largest absolute Gasteiger partial charge is 0.508 e. The van der Waals surface area contributed by atoms with E-state index in [0.29, 0.717) is 6.54 Å².